The molecule has 194 valence electrons. The van der Waals surface area contributed by atoms with Gasteiger partial charge >= 0.3 is 5.97 Å². The van der Waals surface area contributed by atoms with Crippen molar-refractivity contribution in [3.8, 4) is 28.5 Å². The van der Waals surface area contributed by atoms with Crippen molar-refractivity contribution in [2.45, 2.75) is 0 Å². The number of nitrogens with two attached hydrogens (primary N) is 1. The topological polar surface area (TPSA) is 139 Å². The van der Waals surface area contributed by atoms with E-state index in [1.54, 1.807) is 54.6 Å². The Hall–Kier alpha value is -5.12. The molecule has 1 heterocycles. The summed E-state index contributed by atoms with van der Waals surface area (Å²) in [5, 5.41) is 3.09. The number of pyridine rings is 1. The van der Waals surface area contributed by atoms with Crippen LogP contribution in [-0.2, 0) is 9.53 Å². The van der Waals surface area contributed by atoms with Crippen molar-refractivity contribution in [2.75, 3.05) is 33.3 Å². The molecule has 0 aliphatic heterocycles. The Balaban J connectivity index is 1.64. The summed E-state index contributed by atoms with van der Waals surface area (Å²) in [6.07, 6.45) is 0. The molecule has 0 aliphatic carbocycles. The van der Waals surface area contributed by atoms with E-state index in [2.05, 4.69) is 10.3 Å². The van der Waals surface area contributed by atoms with Gasteiger partial charge in [-0.3, -0.25) is 9.59 Å². The number of amides is 2. The van der Waals surface area contributed by atoms with Crippen molar-refractivity contribution < 1.29 is 33.3 Å². The van der Waals surface area contributed by atoms with Crippen molar-refractivity contribution in [3.63, 3.8) is 0 Å². The number of para-hydroxylation sites is 2. The SMILES string of the molecule is COc1cc(-c2cc(C(=O)OCC(=O)Nc3ccccc3C(N)=O)c3ccccc3n2)cc(OC)c1OC. The normalized spacial score (nSPS) is 10.5. The molecule has 4 aromatic rings. The van der Waals surface area contributed by atoms with Gasteiger partial charge in [-0.1, -0.05) is 30.3 Å². The monoisotopic (exact) mass is 515 g/mol. The highest BCUT2D eigenvalue weighted by molar-refractivity contribution is 6.06. The van der Waals surface area contributed by atoms with Gasteiger partial charge < -0.3 is 30.0 Å². The highest BCUT2D eigenvalue weighted by atomic mass is 16.5. The van der Waals surface area contributed by atoms with Crippen molar-refractivity contribution in [3.05, 3.63) is 77.9 Å². The first-order valence-electron chi connectivity index (χ1n) is 11.4. The van der Waals surface area contributed by atoms with Crippen LogP contribution in [0.2, 0.25) is 0 Å². The van der Waals surface area contributed by atoms with Crippen LogP contribution in [0.15, 0.2) is 66.7 Å². The van der Waals surface area contributed by atoms with Gasteiger partial charge in [-0.15, -0.1) is 0 Å². The predicted molar refractivity (Wildman–Crippen MR) is 141 cm³/mol. The lowest BCUT2D eigenvalue weighted by atomic mass is 10.0. The fourth-order valence-corrected chi connectivity index (χ4v) is 3.92. The van der Waals surface area contributed by atoms with Crippen LogP contribution >= 0.6 is 0 Å². The molecule has 4 rings (SSSR count). The highest BCUT2D eigenvalue weighted by Gasteiger charge is 2.20. The predicted octanol–water partition coefficient (Wildman–Crippen LogP) is 3.82. The molecule has 10 heteroatoms. The number of rotatable bonds is 9. The number of hydrogen-bond donors (Lipinski definition) is 2. The Morgan fingerprint density at radius 2 is 1.50 bits per heavy atom. The summed E-state index contributed by atoms with van der Waals surface area (Å²) in [5.74, 6) is -0.780. The first kappa shape index (κ1) is 26.0. The molecule has 0 saturated heterocycles. The van der Waals surface area contributed by atoms with E-state index in [0.717, 1.165) is 0 Å². The second-order valence-electron chi connectivity index (χ2n) is 8.02. The first-order valence-corrected chi connectivity index (χ1v) is 11.4. The third kappa shape index (κ3) is 5.34. The second kappa shape index (κ2) is 11.3. The van der Waals surface area contributed by atoms with E-state index in [1.807, 2.05) is 0 Å². The van der Waals surface area contributed by atoms with Crippen LogP contribution in [0.4, 0.5) is 5.69 Å². The van der Waals surface area contributed by atoms with E-state index < -0.39 is 24.4 Å². The number of nitrogens with zero attached hydrogens (tertiary/aromatic N) is 1. The minimum absolute atomic E-state index is 0.141. The Labute approximate surface area is 218 Å². The van der Waals surface area contributed by atoms with Gasteiger partial charge in [-0.05, 0) is 36.4 Å². The Morgan fingerprint density at radius 3 is 2.16 bits per heavy atom. The minimum atomic E-state index is -0.726. The molecule has 1 aromatic heterocycles. The van der Waals surface area contributed by atoms with Crippen molar-refractivity contribution in [1.82, 2.24) is 4.98 Å². The number of ether oxygens (including phenoxy) is 4. The van der Waals surface area contributed by atoms with Crippen LogP contribution < -0.4 is 25.3 Å². The fourth-order valence-electron chi connectivity index (χ4n) is 3.92. The smallest absolute Gasteiger partial charge is 0.339 e. The summed E-state index contributed by atoms with van der Waals surface area (Å²) >= 11 is 0. The van der Waals surface area contributed by atoms with Crippen molar-refractivity contribution in [2.24, 2.45) is 5.73 Å². The van der Waals surface area contributed by atoms with Gasteiger partial charge in [-0.25, -0.2) is 9.78 Å². The zero-order chi connectivity index (χ0) is 27.2. The Bertz CT molecular complexity index is 1510. The van der Waals surface area contributed by atoms with Gasteiger partial charge in [0.05, 0.1) is 49.4 Å². The quantitative estimate of drug-likeness (QED) is 0.321. The number of anilines is 1. The molecular weight excluding hydrogens is 490 g/mol. The average molecular weight is 516 g/mol. The van der Waals surface area contributed by atoms with E-state index in [9.17, 15) is 14.4 Å². The van der Waals surface area contributed by atoms with Crippen molar-refractivity contribution in [1.29, 1.82) is 0 Å². The number of carbonyl (C=O) groups is 3. The van der Waals surface area contributed by atoms with Gasteiger partial charge in [0.2, 0.25) is 5.75 Å². The van der Waals surface area contributed by atoms with Crippen LogP contribution in [0.5, 0.6) is 17.2 Å². The first-order chi connectivity index (χ1) is 18.4. The van der Waals surface area contributed by atoms with Crippen molar-refractivity contribution >= 4 is 34.4 Å². The van der Waals surface area contributed by atoms with E-state index in [-0.39, 0.29) is 16.8 Å². The number of nitrogens with one attached hydrogen (secondary N) is 1. The van der Waals surface area contributed by atoms with Crippen LogP contribution in [0.25, 0.3) is 22.2 Å². The fraction of sp³-hybridized carbons (Fsp3) is 0.143. The van der Waals surface area contributed by atoms with Gasteiger partial charge in [0.25, 0.3) is 11.8 Å². The van der Waals surface area contributed by atoms with E-state index in [1.165, 1.54) is 33.5 Å². The molecule has 0 saturated carbocycles. The lowest BCUT2D eigenvalue weighted by molar-refractivity contribution is -0.119. The van der Waals surface area contributed by atoms with Gasteiger partial charge in [-0.2, -0.15) is 0 Å². The summed E-state index contributed by atoms with van der Waals surface area (Å²) in [7, 11) is 4.51. The molecule has 2 amide bonds. The molecule has 0 radical (unpaired) electrons. The molecule has 0 atom stereocenters. The Kier molecular flexibility index (Phi) is 7.72. The maximum absolute atomic E-state index is 13.1. The lowest BCUT2D eigenvalue weighted by Crippen LogP contribution is -2.23. The third-order valence-corrected chi connectivity index (χ3v) is 5.70. The van der Waals surface area contributed by atoms with Gasteiger partial charge in [0, 0.05) is 10.9 Å². The molecule has 0 bridgehead atoms. The molecule has 3 N–H and O–H groups in total. The summed E-state index contributed by atoms with van der Waals surface area (Å²) in [5.41, 5.74) is 7.54. The molecule has 0 unspecified atom stereocenters. The maximum Gasteiger partial charge on any atom is 0.339 e. The zero-order valence-electron chi connectivity index (χ0n) is 20.9. The van der Waals surface area contributed by atoms with E-state index >= 15 is 0 Å². The number of hydrogen-bond acceptors (Lipinski definition) is 8. The molecule has 0 spiro atoms. The van der Waals surface area contributed by atoms with Crippen LogP contribution in [-0.4, -0.2) is 50.7 Å². The average Bonchev–Trinajstić information content (AvgIpc) is 2.94. The molecule has 0 aliphatic rings. The second-order valence-corrected chi connectivity index (χ2v) is 8.02. The summed E-state index contributed by atoms with van der Waals surface area (Å²) in [6, 6.07) is 18.4. The molecule has 3 aromatic carbocycles. The molecule has 38 heavy (non-hydrogen) atoms. The van der Waals surface area contributed by atoms with Gasteiger partial charge in [0.15, 0.2) is 18.1 Å². The number of carbonyl (C=O) groups excluding carboxylic acids is 3. The number of fused-ring (bicyclic) bond motifs is 1. The standard InChI is InChI=1S/C28H25N3O7/c1-35-23-12-16(13-24(36-2)26(23)37-3)22-14-19(17-8-4-6-10-20(17)30-22)28(34)38-15-25(32)31-21-11-7-5-9-18(21)27(29)33/h4-14H,15H2,1-3H3,(H2,29,33)(H,31,32). The maximum atomic E-state index is 13.1. The van der Waals surface area contributed by atoms with Gasteiger partial charge in [0.1, 0.15) is 0 Å². The summed E-state index contributed by atoms with van der Waals surface area (Å²) < 4.78 is 21.6. The number of esters is 1. The number of primary amides is 1. The van der Waals surface area contributed by atoms with Crippen LogP contribution in [0.3, 0.4) is 0 Å². The van der Waals surface area contributed by atoms with E-state index in [4.69, 9.17) is 24.7 Å². The number of aromatic nitrogens is 1. The lowest BCUT2D eigenvalue weighted by Gasteiger charge is -2.15. The van der Waals surface area contributed by atoms with Crippen LogP contribution in [0.1, 0.15) is 20.7 Å². The molecule has 0 fully saturated rings. The highest BCUT2D eigenvalue weighted by Crippen LogP contribution is 2.41. The largest absolute Gasteiger partial charge is 0.493 e. The zero-order valence-corrected chi connectivity index (χ0v) is 20.9. The number of benzene rings is 3. The summed E-state index contributed by atoms with van der Waals surface area (Å²) in [6.45, 7) is -0.581. The third-order valence-electron chi connectivity index (χ3n) is 5.70. The van der Waals surface area contributed by atoms with E-state index in [0.29, 0.717) is 39.4 Å². The van der Waals surface area contributed by atoms with Crippen LogP contribution in [0, 0.1) is 0 Å². The minimum Gasteiger partial charge on any atom is -0.493 e. The molecule has 10 nitrogen and oxygen atoms in total. The Morgan fingerprint density at radius 1 is 0.842 bits per heavy atom. The molecular formula is C28H25N3O7. The number of methoxy groups -OCH3 is 3. The summed E-state index contributed by atoms with van der Waals surface area (Å²) in [4.78, 5) is 41.9.